The molecule has 0 amide bonds. The van der Waals surface area contributed by atoms with Gasteiger partial charge in [-0.25, -0.2) is 9.97 Å². The summed E-state index contributed by atoms with van der Waals surface area (Å²) in [6.07, 6.45) is 10.1. The molecule has 1 aliphatic rings. The third-order valence-electron chi connectivity index (χ3n) is 4.93. The maximum atomic E-state index is 4.48. The SMILES string of the molecule is Cc1cccnc1Nc1cc(C2CCCN2Cc2cnn(C)c2)ccn1. The minimum absolute atomic E-state index is 0.420. The fraction of sp³-hybridized carbons (Fsp3) is 0.350. The van der Waals surface area contributed by atoms with Crippen LogP contribution in [-0.4, -0.2) is 31.2 Å². The molecule has 4 heterocycles. The summed E-state index contributed by atoms with van der Waals surface area (Å²) in [6.45, 7) is 4.10. The van der Waals surface area contributed by atoms with Crippen LogP contribution in [0.2, 0.25) is 0 Å². The summed E-state index contributed by atoms with van der Waals surface area (Å²) in [5.74, 6) is 1.70. The Morgan fingerprint density at radius 2 is 2.15 bits per heavy atom. The Bertz CT molecular complexity index is 887. The van der Waals surface area contributed by atoms with Gasteiger partial charge in [-0.05, 0) is 55.6 Å². The van der Waals surface area contributed by atoms with Gasteiger partial charge in [-0.3, -0.25) is 9.58 Å². The zero-order valence-corrected chi connectivity index (χ0v) is 15.3. The number of aromatic nitrogens is 4. The average molecular weight is 348 g/mol. The number of likely N-dealkylation sites (tertiary alicyclic amines) is 1. The Balaban J connectivity index is 1.52. The van der Waals surface area contributed by atoms with E-state index < -0.39 is 0 Å². The lowest BCUT2D eigenvalue weighted by molar-refractivity contribution is 0.248. The van der Waals surface area contributed by atoms with Crippen LogP contribution in [0, 0.1) is 6.92 Å². The van der Waals surface area contributed by atoms with Crippen molar-refractivity contribution in [1.29, 1.82) is 0 Å². The highest BCUT2D eigenvalue weighted by Gasteiger charge is 2.26. The van der Waals surface area contributed by atoms with Gasteiger partial charge in [-0.15, -0.1) is 0 Å². The summed E-state index contributed by atoms with van der Waals surface area (Å²) < 4.78 is 1.87. The van der Waals surface area contributed by atoms with E-state index in [0.29, 0.717) is 6.04 Å². The van der Waals surface area contributed by atoms with Gasteiger partial charge >= 0.3 is 0 Å². The number of aryl methyl sites for hydroxylation is 2. The molecule has 0 aromatic carbocycles. The lowest BCUT2D eigenvalue weighted by Gasteiger charge is -2.24. The van der Waals surface area contributed by atoms with Gasteiger partial charge in [0.1, 0.15) is 11.6 Å². The minimum atomic E-state index is 0.420. The molecule has 3 aromatic rings. The van der Waals surface area contributed by atoms with Gasteiger partial charge in [-0.2, -0.15) is 5.10 Å². The van der Waals surface area contributed by atoms with Crippen molar-refractivity contribution in [3.63, 3.8) is 0 Å². The second-order valence-corrected chi connectivity index (χ2v) is 6.92. The summed E-state index contributed by atoms with van der Waals surface area (Å²) in [5, 5.41) is 7.64. The Kier molecular flexibility index (Phi) is 4.67. The zero-order valence-electron chi connectivity index (χ0n) is 15.3. The van der Waals surface area contributed by atoms with Crippen molar-refractivity contribution in [2.45, 2.75) is 32.4 Å². The van der Waals surface area contributed by atoms with E-state index in [4.69, 9.17) is 0 Å². The van der Waals surface area contributed by atoms with Crippen molar-refractivity contribution in [1.82, 2.24) is 24.6 Å². The monoisotopic (exact) mass is 348 g/mol. The van der Waals surface area contributed by atoms with Gasteiger partial charge in [0.15, 0.2) is 0 Å². The molecule has 0 bridgehead atoms. The van der Waals surface area contributed by atoms with Crippen LogP contribution >= 0.6 is 0 Å². The predicted molar refractivity (Wildman–Crippen MR) is 102 cm³/mol. The van der Waals surface area contributed by atoms with Crippen molar-refractivity contribution in [2.75, 3.05) is 11.9 Å². The summed E-state index contributed by atoms with van der Waals surface area (Å²) in [5.41, 5.74) is 3.67. The summed E-state index contributed by atoms with van der Waals surface area (Å²) in [6, 6.07) is 8.69. The highest BCUT2D eigenvalue weighted by Crippen LogP contribution is 2.34. The first-order valence-electron chi connectivity index (χ1n) is 9.05. The van der Waals surface area contributed by atoms with Crippen LogP contribution in [0.15, 0.2) is 49.1 Å². The van der Waals surface area contributed by atoms with Gasteiger partial charge in [0.25, 0.3) is 0 Å². The van der Waals surface area contributed by atoms with Crippen LogP contribution in [-0.2, 0) is 13.6 Å². The molecule has 0 aliphatic carbocycles. The van der Waals surface area contributed by atoms with Crippen LogP contribution in [0.3, 0.4) is 0 Å². The molecule has 1 atom stereocenters. The fourth-order valence-corrected chi connectivity index (χ4v) is 3.64. The minimum Gasteiger partial charge on any atom is -0.325 e. The molecule has 1 unspecified atom stereocenters. The summed E-state index contributed by atoms with van der Waals surface area (Å²) in [4.78, 5) is 11.4. The van der Waals surface area contributed by atoms with Gasteiger partial charge in [-0.1, -0.05) is 6.07 Å². The third kappa shape index (κ3) is 3.60. The van der Waals surface area contributed by atoms with Crippen LogP contribution in [0.5, 0.6) is 0 Å². The molecule has 134 valence electrons. The second-order valence-electron chi connectivity index (χ2n) is 6.92. The van der Waals surface area contributed by atoms with Crippen molar-refractivity contribution >= 4 is 11.6 Å². The molecule has 0 saturated carbocycles. The van der Waals surface area contributed by atoms with Gasteiger partial charge in [0.2, 0.25) is 0 Å². The van der Waals surface area contributed by atoms with Crippen LogP contribution < -0.4 is 5.32 Å². The Hall–Kier alpha value is -2.73. The number of hydrogen-bond donors (Lipinski definition) is 1. The van der Waals surface area contributed by atoms with E-state index in [2.05, 4.69) is 43.6 Å². The second kappa shape index (κ2) is 7.25. The van der Waals surface area contributed by atoms with Crippen molar-refractivity contribution in [3.8, 4) is 0 Å². The molecule has 0 spiro atoms. The first-order chi connectivity index (χ1) is 12.7. The molecule has 26 heavy (non-hydrogen) atoms. The molecule has 6 nitrogen and oxygen atoms in total. The van der Waals surface area contributed by atoms with E-state index in [1.807, 2.05) is 43.2 Å². The molecular formula is C20H24N6. The smallest absolute Gasteiger partial charge is 0.134 e. The standard InChI is InChI=1S/C20H24N6/c1-15-5-3-8-22-20(15)24-19-11-17(7-9-21-19)18-6-4-10-26(18)14-16-12-23-25(2)13-16/h3,5,7-9,11-13,18H,4,6,10,14H2,1-2H3,(H,21,22,24). The summed E-state index contributed by atoms with van der Waals surface area (Å²) in [7, 11) is 1.96. The van der Waals surface area contributed by atoms with E-state index in [1.54, 1.807) is 6.20 Å². The fourth-order valence-electron chi connectivity index (χ4n) is 3.64. The molecule has 1 N–H and O–H groups in total. The first-order valence-corrected chi connectivity index (χ1v) is 9.05. The van der Waals surface area contributed by atoms with E-state index in [-0.39, 0.29) is 0 Å². The summed E-state index contributed by atoms with van der Waals surface area (Å²) >= 11 is 0. The van der Waals surface area contributed by atoms with Crippen LogP contribution in [0.4, 0.5) is 11.6 Å². The number of pyridine rings is 2. The number of nitrogens with zero attached hydrogens (tertiary/aromatic N) is 5. The van der Waals surface area contributed by atoms with Crippen LogP contribution in [0.1, 0.15) is 35.6 Å². The maximum Gasteiger partial charge on any atom is 0.134 e. The third-order valence-corrected chi connectivity index (χ3v) is 4.93. The molecule has 3 aromatic heterocycles. The van der Waals surface area contributed by atoms with Crippen molar-refractivity contribution in [2.24, 2.45) is 7.05 Å². The molecule has 0 radical (unpaired) electrons. The normalized spacial score (nSPS) is 17.5. The van der Waals surface area contributed by atoms with Crippen LogP contribution in [0.25, 0.3) is 0 Å². The molecule has 6 heteroatoms. The lowest BCUT2D eigenvalue weighted by atomic mass is 10.1. The van der Waals surface area contributed by atoms with Gasteiger partial charge in [0.05, 0.1) is 6.20 Å². The molecule has 1 saturated heterocycles. The average Bonchev–Trinajstić information content (AvgIpc) is 3.26. The van der Waals surface area contributed by atoms with E-state index in [1.165, 1.54) is 24.0 Å². The van der Waals surface area contributed by atoms with E-state index in [0.717, 1.165) is 30.3 Å². The molecular weight excluding hydrogens is 324 g/mol. The number of hydrogen-bond acceptors (Lipinski definition) is 5. The van der Waals surface area contributed by atoms with E-state index in [9.17, 15) is 0 Å². The quantitative estimate of drug-likeness (QED) is 0.763. The topological polar surface area (TPSA) is 58.9 Å². The van der Waals surface area contributed by atoms with Gasteiger partial charge in [0, 0.05) is 43.8 Å². The Morgan fingerprint density at radius 3 is 2.96 bits per heavy atom. The Morgan fingerprint density at radius 1 is 1.23 bits per heavy atom. The Labute approximate surface area is 153 Å². The highest BCUT2D eigenvalue weighted by atomic mass is 15.2. The maximum absolute atomic E-state index is 4.48. The predicted octanol–water partition coefficient (Wildman–Crippen LogP) is 3.60. The lowest BCUT2D eigenvalue weighted by Crippen LogP contribution is -2.22. The van der Waals surface area contributed by atoms with Gasteiger partial charge < -0.3 is 5.32 Å². The molecule has 1 fully saturated rings. The molecule has 4 rings (SSSR count). The molecule has 1 aliphatic heterocycles. The van der Waals surface area contributed by atoms with E-state index >= 15 is 0 Å². The highest BCUT2D eigenvalue weighted by molar-refractivity contribution is 5.56. The first kappa shape index (κ1) is 16.7. The zero-order chi connectivity index (χ0) is 17.9. The van der Waals surface area contributed by atoms with Crippen molar-refractivity contribution < 1.29 is 0 Å². The largest absolute Gasteiger partial charge is 0.325 e. The number of nitrogens with one attached hydrogen (secondary N) is 1. The van der Waals surface area contributed by atoms with Crippen molar-refractivity contribution in [3.05, 3.63) is 65.7 Å². The number of rotatable bonds is 5. The number of anilines is 2.